The lowest BCUT2D eigenvalue weighted by atomic mass is 10.2. The van der Waals surface area contributed by atoms with Crippen molar-refractivity contribution >= 4 is 16.3 Å². The van der Waals surface area contributed by atoms with Crippen molar-refractivity contribution in [3.8, 4) is 27.8 Å². The molecule has 0 aliphatic rings. The molecule has 0 spiro atoms. The number of aromatic nitrogens is 5. The van der Waals surface area contributed by atoms with Crippen molar-refractivity contribution in [3.05, 3.63) is 48.7 Å². The molecule has 4 aromatic rings. The van der Waals surface area contributed by atoms with Crippen LogP contribution in [0.25, 0.3) is 27.1 Å². The molecule has 0 amide bonds. The van der Waals surface area contributed by atoms with Crippen molar-refractivity contribution in [3.63, 3.8) is 0 Å². The van der Waals surface area contributed by atoms with Crippen LogP contribution in [0.1, 0.15) is 0 Å². The predicted molar refractivity (Wildman–Crippen MR) is 83.9 cm³/mol. The van der Waals surface area contributed by atoms with E-state index in [4.69, 9.17) is 4.74 Å². The van der Waals surface area contributed by atoms with E-state index in [0.29, 0.717) is 5.82 Å². The molecule has 1 aromatic carbocycles. The number of fused-ring (bicyclic) bond motifs is 1. The van der Waals surface area contributed by atoms with E-state index < -0.39 is 0 Å². The van der Waals surface area contributed by atoms with E-state index in [1.165, 1.54) is 11.3 Å². The van der Waals surface area contributed by atoms with Crippen molar-refractivity contribution in [2.75, 3.05) is 7.11 Å². The zero-order valence-electron chi connectivity index (χ0n) is 11.7. The van der Waals surface area contributed by atoms with Crippen molar-refractivity contribution in [2.24, 2.45) is 0 Å². The number of benzene rings is 1. The van der Waals surface area contributed by atoms with Crippen molar-refractivity contribution < 1.29 is 4.74 Å². The van der Waals surface area contributed by atoms with Crippen LogP contribution in [0.2, 0.25) is 0 Å². The largest absolute Gasteiger partial charge is 0.496 e. The monoisotopic (exact) mass is 309 g/mol. The molecule has 3 heterocycles. The number of rotatable bonds is 3. The zero-order valence-corrected chi connectivity index (χ0v) is 12.5. The van der Waals surface area contributed by atoms with E-state index in [1.807, 2.05) is 42.5 Å². The second kappa shape index (κ2) is 5.19. The van der Waals surface area contributed by atoms with Gasteiger partial charge in [-0.15, -0.1) is 10.2 Å². The van der Waals surface area contributed by atoms with Gasteiger partial charge in [0.2, 0.25) is 10.8 Å². The molecule has 0 unspecified atom stereocenters. The van der Waals surface area contributed by atoms with Crippen LogP contribution in [0.5, 0.6) is 5.75 Å². The molecule has 7 heteroatoms. The van der Waals surface area contributed by atoms with Crippen LogP contribution in [-0.4, -0.2) is 31.9 Å². The van der Waals surface area contributed by atoms with Gasteiger partial charge in [0.15, 0.2) is 5.01 Å². The van der Waals surface area contributed by atoms with E-state index in [0.717, 1.165) is 27.0 Å². The molecule has 0 saturated carbocycles. The minimum atomic E-state index is 0.632. The highest BCUT2D eigenvalue weighted by molar-refractivity contribution is 7.19. The highest BCUT2D eigenvalue weighted by Gasteiger charge is 2.16. The van der Waals surface area contributed by atoms with Crippen LogP contribution in [0.15, 0.2) is 48.7 Å². The molecular formula is C15H11N5OS. The van der Waals surface area contributed by atoms with Crippen LogP contribution >= 0.6 is 11.3 Å². The number of methoxy groups -OCH3 is 1. The third-order valence-electron chi connectivity index (χ3n) is 3.22. The summed E-state index contributed by atoms with van der Waals surface area (Å²) in [4.78, 5) is 5.03. The lowest BCUT2D eigenvalue weighted by Gasteiger charge is -2.03. The Kier molecular flexibility index (Phi) is 3.05. The second-order valence-electron chi connectivity index (χ2n) is 4.54. The van der Waals surface area contributed by atoms with Gasteiger partial charge < -0.3 is 4.74 Å². The summed E-state index contributed by atoms with van der Waals surface area (Å²) in [5.41, 5.74) is 1.68. The quantitative estimate of drug-likeness (QED) is 0.582. The molecular weight excluding hydrogens is 298 g/mol. The Morgan fingerprint density at radius 3 is 2.73 bits per heavy atom. The molecule has 0 bridgehead atoms. The van der Waals surface area contributed by atoms with Gasteiger partial charge in [0, 0.05) is 6.20 Å². The third-order valence-corrected chi connectivity index (χ3v) is 4.15. The molecule has 0 radical (unpaired) electrons. The molecule has 0 saturated heterocycles. The molecule has 0 fully saturated rings. The lowest BCUT2D eigenvalue weighted by Crippen LogP contribution is -1.93. The summed E-state index contributed by atoms with van der Waals surface area (Å²) in [5.74, 6) is 1.42. The van der Waals surface area contributed by atoms with Gasteiger partial charge in [-0.25, -0.2) is 0 Å². The van der Waals surface area contributed by atoms with E-state index in [1.54, 1.807) is 17.8 Å². The fraction of sp³-hybridized carbons (Fsp3) is 0.0667. The van der Waals surface area contributed by atoms with Gasteiger partial charge in [0.25, 0.3) is 0 Å². The van der Waals surface area contributed by atoms with Gasteiger partial charge >= 0.3 is 0 Å². The highest BCUT2D eigenvalue weighted by Crippen LogP contribution is 2.33. The molecule has 6 nitrogen and oxygen atoms in total. The Morgan fingerprint density at radius 1 is 1.05 bits per heavy atom. The van der Waals surface area contributed by atoms with E-state index >= 15 is 0 Å². The summed E-state index contributed by atoms with van der Waals surface area (Å²) in [6.45, 7) is 0. The number of ether oxygens (including phenoxy) is 1. The summed E-state index contributed by atoms with van der Waals surface area (Å²) in [6.07, 6.45) is 1.73. The molecule has 0 atom stereocenters. The first-order valence-electron chi connectivity index (χ1n) is 6.64. The minimum Gasteiger partial charge on any atom is -0.496 e. The summed E-state index contributed by atoms with van der Waals surface area (Å²) < 4.78 is 7.11. The first kappa shape index (κ1) is 12.9. The summed E-state index contributed by atoms with van der Waals surface area (Å²) >= 11 is 1.47. The van der Waals surface area contributed by atoms with Gasteiger partial charge in [-0.3, -0.25) is 4.98 Å². The first-order valence-corrected chi connectivity index (χ1v) is 7.45. The Hall–Kier alpha value is -2.80. The number of pyridine rings is 1. The number of hydrogen-bond acceptors (Lipinski definition) is 6. The summed E-state index contributed by atoms with van der Waals surface area (Å²) in [7, 11) is 1.65. The summed E-state index contributed by atoms with van der Waals surface area (Å²) in [5, 5.41) is 13.8. The van der Waals surface area contributed by atoms with Crippen LogP contribution < -0.4 is 4.74 Å². The standard InChI is InChI=1S/C15H11N5OS/c1-21-12-8-3-2-6-10(12)14-19-20-13(17-18-15(20)22-14)11-7-4-5-9-16-11/h2-9H,1H3. The maximum atomic E-state index is 5.40. The Labute approximate surface area is 130 Å². The number of nitrogens with zero attached hydrogens (tertiary/aromatic N) is 5. The first-order chi connectivity index (χ1) is 10.9. The molecule has 22 heavy (non-hydrogen) atoms. The number of hydrogen-bond donors (Lipinski definition) is 0. The Balaban J connectivity index is 1.87. The van der Waals surface area contributed by atoms with Gasteiger partial charge in [-0.05, 0) is 24.3 Å². The normalized spacial score (nSPS) is 11.0. The maximum Gasteiger partial charge on any atom is 0.235 e. The fourth-order valence-corrected chi connectivity index (χ4v) is 3.07. The average Bonchev–Trinajstić information content (AvgIpc) is 3.16. The predicted octanol–water partition coefficient (Wildman–Crippen LogP) is 2.92. The van der Waals surface area contributed by atoms with E-state index in [9.17, 15) is 0 Å². The van der Waals surface area contributed by atoms with Crippen LogP contribution in [0.4, 0.5) is 0 Å². The van der Waals surface area contributed by atoms with Crippen LogP contribution in [-0.2, 0) is 0 Å². The SMILES string of the molecule is COc1ccccc1-c1nn2c(-c3ccccn3)nnc2s1. The van der Waals surface area contributed by atoms with Gasteiger partial charge in [0.05, 0.1) is 12.7 Å². The molecule has 0 aliphatic heterocycles. The second-order valence-corrected chi connectivity index (χ2v) is 5.50. The molecule has 4 rings (SSSR count). The lowest BCUT2D eigenvalue weighted by molar-refractivity contribution is 0.416. The van der Waals surface area contributed by atoms with Crippen molar-refractivity contribution in [2.45, 2.75) is 0 Å². The van der Waals surface area contributed by atoms with E-state index in [2.05, 4.69) is 20.3 Å². The minimum absolute atomic E-state index is 0.632. The topological polar surface area (TPSA) is 65.2 Å². The van der Waals surface area contributed by atoms with Gasteiger partial charge in [-0.1, -0.05) is 29.5 Å². The molecule has 0 N–H and O–H groups in total. The smallest absolute Gasteiger partial charge is 0.235 e. The van der Waals surface area contributed by atoms with Crippen LogP contribution in [0, 0.1) is 0 Å². The Bertz CT molecular complexity index is 931. The highest BCUT2D eigenvalue weighted by atomic mass is 32.1. The molecule has 0 aliphatic carbocycles. The van der Waals surface area contributed by atoms with Crippen molar-refractivity contribution in [1.29, 1.82) is 0 Å². The van der Waals surface area contributed by atoms with Crippen LogP contribution in [0.3, 0.4) is 0 Å². The summed E-state index contributed by atoms with van der Waals surface area (Å²) in [6, 6.07) is 13.4. The zero-order chi connectivity index (χ0) is 14.9. The fourth-order valence-electron chi connectivity index (χ4n) is 2.20. The van der Waals surface area contributed by atoms with E-state index in [-0.39, 0.29) is 0 Å². The van der Waals surface area contributed by atoms with Gasteiger partial charge in [-0.2, -0.15) is 9.61 Å². The van der Waals surface area contributed by atoms with Gasteiger partial charge in [0.1, 0.15) is 11.4 Å². The average molecular weight is 309 g/mol. The molecule has 108 valence electrons. The molecule has 3 aromatic heterocycles. The third kappa shape index (κ3) is 2.03. The maximum absolute atomic E-state index is 5.40. The number of para-hydroxylation sites is 1. The van der Waals surface area contributed by atoms with Crippen molar-refractivity contribution in [1.82, 2.24) is 24.8 Å². The Morgan fingerprint density at radius 2 is 1.91 bits per heavy atom.